The first-order chi connectivity index (χ1) is 8.09. The van der Waals surface area contributed by atoms with Gasteiger partial charge in [-0.15, -0.1) is 0 Å². The molecule has 0 spiro atoms. The lowest BCUT2D eigenvalue weighted by molar-refractivity contribution is 0.0952. The van der Waals surface area contributed by atoms with Gasteiger partial charge in [0.1, 0.15) is 4.60 Å². The summed E-state index contributed by atoms with van der Waals surface area (Å²) in [6.07, 6.45) is 5.04. The van der Waals surface area contributed by atoms with E-state index in [9.17, 15) is 4.79 Å². The van der Waals surface area contributed by atoms with Crippen molar-refractivity contribution in [3.63, 3.8) is 0 Å². The first-order valence-corrected chi connectivity index (χ1v) is 6.78. The molecule has 0 aromatic carbocycles. The van der Waals surface area contributed by atoms with E-state index in [0.717, 1.165) is 25.3 Å². The van der Waals surface area contributed by atoms with E-state index in [-0.39, 0.29) is 5.91 Å². The molecule has 94 valence electrons. The molecule has 0 bridgehead atoms. The summed E-state index contributed by atoms with van der Waals surface area (Å²) in [6.45, 7) is 5.17. The Hall–Kier alpha value is -0.900. The van der Waals surface area contributed by atoms with Crippen LogP contribution in [0, 0.1) is 5.92 Å². The summed E-state index contributed by atoms with van der Waals surface area (Å²) < 4.78 is 0.685. The van der Waals surface area contributed by atoms with E-state index >= 15 is 0 Å². The largest absolute Gasteiger partial charge is 0.352 e. The Morgan fingerprint density at radius 1 is 1.47 bits per heavy atom. The molecule has 4 heteroatoms. The molecule has 0 fully saturated rings. The number of halogens is 1. The SMILES string of the molecule is CC(C)CCCCNC(=O)c1ccnc(Br)c1. The average molecular weight is 299 g/mol. The molecule has 3 nitrogen and oxygen atoms in total. The number of rotatable bonds is 6. The van der Waals surface area contributed by atoms with Crippen molar-refractivity contribution in [3.05, 3.63) is 28.5 Å². The number of aromatic nitrogens is 1. The van der Waals surface area contributed by atoms with E-state index in [4.69, 9.17) is 0 Å². The van der Waals surface area contributed by atoms with Crippen LogP contribution in [0.2, 0.25) is 0 Å². The maximum absolute atomic E-state index is 11.7. The Bertz CT molecular complexity index is 366. The maximum Gasteiger partial charge on any atom is 0.251 e. The first-order valence-electron chi connectivity index (χ1n) is 5.99. The summed E-state index contributed by atoms with van der Waals surface area (Å²) in [4.78, 5) is 15.7. The van der Waals surface area contributed by atoms with Crippen molar-refractivity contribution in [2.24, 2.45) is 5.92 Å². The van der Waals surface area contributed by atoms with Gasteiger partial charge < -0.3 is 5.32 Å². The van der Waals surface area contributed by atoms with Crippen molar-refractivity contribution in [2.45, 2.75) is 33.1 Å². The molecule has 1 rings (SSSR count). The van der Waals surface area contributed by atoms with Gasteiger partial charge in [-0.25, -0.2) is 4.98 Å². The van der Waals surface area contributed by atoms with Gasteiger partial charge in [0, 0.05) is 18.3 Å². The lowest BCUT2D eigenvalue weighted by atomic mass is 10.1. The topological polar surface area (TPSA) is 42.0 Å². The molecule has 0 atom stereocenters. The summed E-state index contributed by atoms with van der Waals surface area (Å²) in [5.41, 5.74) is 0.649. The Morgan fingerprint density at radius 2 is 2.24 bits per heavy atom. The standard InChI is InChI=1S/C13H19BrN2O/c1-10(2)5-3-4-7-16-13(17)11-6-8-15-12(14)9-11/h6,8-10H,3-5,7H2,1-2H3,(H,16,17). The molecule has 1 N–H and O–H groups in total. The van der Waals surface area contributed by atoms with Crippen molar-refractivity contribution >= 4 is 21.8 Å². The lowest BCUT2D eigenvalue weighted by Gasteiger charge is -2.06. The monoisotopic (exact) mass is 298 g/mol. The van der Waals surface area contributed by atoms with Gasteiger partial charge in [-0.05, 0) is 40.4 Å². The maximum atomic E-state index is 11.7. The zero-order valence-electron chi connectivity index (χ0n) is 10.4. The highest BCUT2D eigenvalue weighted by molar-refractivity contribution is 9.10. The third-order valence-electron chi connectivity index (χ3n) is 2.48. The van der Waals surface area contributed by atoms with Crippen LogP contribution in [0.15, 0.2) is 22.9 Å². The molecular weight excluding hydrogens is 280 g/mol. The minimum absolute atomic E-state index is 0.0300. The molecule has 1 aromatic rings. The third kappa shape index (κ3) is 5.82. The van der Waals surface area contributed by atoms with E-state index in [1.807, 2.05) is 0 Å². The molecule has 1 aromatic heterocycles. The number of unbranched alkanes of at least 4 members (excludes halogenated alkanes) is 1. The molecular formula is C13H19BrN2O. The second kappa shape index (κ2) is 7.43. The minimum Gasteiger partial charge on any atom is -0.352 e. The number of carbonyl (C=O) groups excluding carboxylic acids is 1. The van der Waals surface area contributed by atoms with Crippen molar-refractivity contribution in [1.82, 2.24) is 10.3 Å². The summed E-state index contributed by atoms with van der Waals surface area (Å²) >= 11 is 3.25. The van der Waals surface area contributed by atoms with Crippen LogP contribution in [0.5, 0.6) is 0 Å². The fraction of sp³-hybridized carbons (Fsp3) is 0.538. The molecule has 1 amide bonds. The normalized spacial score (nSPS) is 10.6. The zero-order chi connectivity index (χ0) is 12.7. The van der Waals surface area contributed by atoms with E-state index in [1.165, 1.54) is 6.42 Å². The fourth-order valence-electron chi connectivity index (χ4n) is 1.53. The van der Waals surface area contributed by atoms with Gasteiger partial charge >= 0.3 is 0 Å². The van der Waals surface area contributed by atoms with E-state index in [0.29, 0.717) is 10.2 Å². The van der Waals surface area contributed by atoms with E-state index in [1.54, 1.807) is 18.3 Å². The highest BCUT2D eigenvalue weighted by Crippen LogP contribution is 2.08. The summed E-state index contributed by atoms with van der Waals surface area (Å²) in [5.74, 6) is 0.708. The molecule has 0 saturated carbocycles. The number of nitrogens with one attached hydrogen (secondary N) is 1. The van der Waals surface area contributed by atoms with Gasteiger partial charge in [-0.2, -0.15) is 0 Å². The first kappa shape index (κ1) is 14.2. The van der Waals surface area contributed by atoms with Crippen LogP contribution in [0.3, 0.4) is 0 Å². The van der Waals surface area contributed by atoms with E-state index < -0.39 is 0 Å². The molecule has 0 aliphatic heterocycles. The number of nitrogens with zero attached hydrogens (tertiary/aromatic N) is 1. The van der Waals surface area contributed by atoms with Crippen LogP contribution >= 0.6 is 15.9 Å². The molecule has 0 radical (unpaired) electrons. The van der Waals surface area contributed by atoms with E-state index in [2.05, 4.69) is 40.1 Å². The second-order valence-corrected chi connectivity index (χ2v) is 5.33. The summed E-state index contributed by atoms with van der Waals surface area (Å²) in [6, 6.07) is 3.44. The fourth-order valence-corrected chi connectivity index (χ4v) is 1.89. The van der Waals surface area contributed by atoms with Gasteiger partial charge in [-0.1, -0.05) is 26.7 Å². The molecule has 17 heavy (non-hydrogen) atoms. The molecule has 0 aliphatic carbocycles. The van der Waals surface area contributed by atoms with Gasteiger partial charge in [0.05, 0.1) is 0 Å². The van der Waals surface area contributed by atoms with Gasteiger partial charge in [0.25, 0.3) is 5.91 Å². The zero-order valence-corrected chi connectivity index (χ0v) is 12.0. The van der Waals surface area contributed by atoms with Gasteiger partial charge in [0.2, 0.25) is 0 Å². The predicted octanol–water partition coefficient (Wildman–Crippen LogP) is 3.40. The van der Waals surface area contributed by atoms with Crippen LogP contribution in [0.25, 0.3) is 0 Å². The summed E-state index contributed by atoms with van der Waals surface area (Å²) in [7, 11) is 0. The van der Waals surface area contributed by atoms with Crippen LogP contribution in [0.1, 0.15) is 43.5 Å². The molecule has 0 unspecified atom stereocenters. The van der Waals surface area contributed by atoms with Crippen LogP contribution in [-0.2, 0) is 0 Å². The van der Waals surface area contributed by atoms with Crippen LogP contribution in [-0.4, -0.2) is 17.4 Å². The van der Waals surface area contributed by atoms with Gasteiger partial charge in [-0.3, -0.25) is 4.79 Å². The van der Waals surface area contributed by atoms with Crippen LogP contribution in [0.4, 0.5) is 0 Å². The Labute approximate surface area is 111 Å². The predicted molar refractivity (Wildman–Crippen MR) is 73.0 cm³/mol. The third-order valence-corrected chi connectivity index (χ3v) is 2.92. The highest BCUT2D eigenvalue weighted by Gasteiger charge is 2.05. The number of hydrogen-bond acceptors (Lipinski definition) is 2. The number of carbonyl (C=O) groups is 1. The summed E-state index contributed by atoms with van der Waals surface area (Å²) in [5, 5.41) is 2.91. The van der Waals surface area contributed by atoms with Crippen LogP contribution < -0.4 is 5.32 Å². The average Bonchev–Trinajstić information content (AvgIpc) is 2.28. The second-order valence-electron chi connectivity index (χ2n) is 4.51. The van der Waals surface area contributed by atoms with Crippen molar-refractivity contribution in [1.29, 1.82) is 0 Å². The Kier molecular flexibility index (Phi) is 6.19. The number of hydrogen-bond donors (Lipinski definition) is 1. The molecule has 0 aliphatic rings. The number of amides is 1. The van der Waals surface area contributed by atoms with Crippen molar-refractivity contribution in [3.8, 4) is 0 Å². The molecule has 1 heterocycles. The van der Waals surface area contributed by atoms with Crippen molar-refractivity contribution < 1.29 is 4.79 Å². The lowest BCUT2D eigenvalue weighted by Crippen LogP contribution is -2.24. The smallest absolute Gasteiger partial charge is 0.251 e. The number of pyridine rings is 1. The quantitative estimate of drug-likeness (QED) is 0.646. The Morgan fingerprint density at radius 3 is 2.88 bits per heavy atom. The van der Waals surface area contributed by atoms with Gasteiger partial charge in [0.15, 0.2) is 0 Å². The highest BCUT2D eigenvalue weighted by atomic mass is 79.9. The van der Waals surface area contributed by atoms with Crippen molar-refractivity contribution in [2.75, 3.05) is 6.54 Å². The molecule has 0 saturated heterocycles. The minimum atomic E-state index is -0.0300. The Balaban J connectivity index is 2.26.